The number of likely N-dealkylation sites (N-methyl/N-ethyl adjacent to an activating group) is 1. The highest BCUT2D eigenvalue weighted by Gasteiger charge is 2.27. The molecule has 0 spiro atoms. The third-order valence-electron chi connectivity index (χ3n) is 2.97. The van der Waals surface area contributed by atoms with E-state index < -0.39 is 16.0 Å². The van der Waals surface area contributed by atoms with E-state index in [0.717, 1.165) is 4.31 Å². The number of sulfonamides is 1. The Morgan fingerprint density at radius 1 is 1.50 bits per heavy atom. The van der Waals surface area contributed by atoms with Crippen LogP contribution in [0.15, 0.2) is 23.1 Å². The fourth-order valence-corrected chi connectivity index (χ4v) is 3.38. The predicted octanol–water partition coefficient (Wildman–Crippen LogP) is 1.09. The van der Waals surface area contributed by atoms with Gasteiger partial charge in [-0.1, -0.05) is 11.6 Å². The van der Waals surface area contributed by atoms with E-state index in [4.69, 9.17) is 17.3 Å². The number of methoxy groups -OCH3 is 1. The molecule has 0 fully saturated rings. The van der Waals surface area contributed by atoms with Crippen molar-refractivity contribution < 1.29 is 17.9 Å². The number of hydrogen-bond acceptors (Lipinski definition) is 5. The topological polar surface area (TPSA) is 89.7 Å². The molecule has 1 rings (SSSR count). The van der Waals surface area contributed by atoms with Crippen LogP contribution in [0.1, 0.15) is 17.3 Å². The molecule has 0 aliphatic carbocycles. The van der Waals surface area contributed by atoms with Crippen LogP contribution in [0.25, 0.3) is 0 Å². The van der Waals surface area contributed by atoms with Crippen LogP contribution in [-0.4, -0.2) is 45.4 Å². The summed E-state index contributed by atoms with van der Waals surface area (Å²) in [6.45, 7) is 1.88. The lowest BCUT2D eigenvalue weighted by Crippen LogP contribution is -2.39. The van der Waals surface area contributed by atoms with Crippen LogP contribution >= 0.6 is 11.6 Å². The summed E-state index contributed by atoms with van der Waals surface area (Å²) >= 11 is 5.96. The fourth-order valence-electron chi connectivity index (χ4n) is 1.50. The number of hydrogen-bond donors (Lipinski definition) is 1. The van der Waals surface area contributed by atoms with Gasteiger partial charge in [0.25, 0.3) is 0 Å². The van der Waals surface area contributed by atoms with Crippen molar-refractivity contribution in [2.75, 3.05) is 20.7 Å². The molecule has 1 aromatic carbocycles. The van der Waals surface area contributed by atoms with E-state index in [0.29, 0.717) is 0 Å². The van der Waals surface area contributed by atoms with Crippen LogP contribution in [0.5, 0.6) is 0 Å². The molecular weight excluding hydrogens is 304 g/mol. The Balaban J connectivity index is 3.24. The first kappa shape index (κ1) is 16.9. The minimum absolute atomic E-state index is 0.0380. The Kier molecular flexibility index (Phi) is 5.52. The first-order valence-corrected chi connectivity index (χ1v) is 7.63. The second-order valence-corrected chi connectivity index (χ2v) is 6.62. The smallest absolute Gasteiger partial charge is 0.337 e. The highest BCUT2D eigenvalue weighted by atomic mass is 35.5. The number of rotatable bonds is 5. The van der Waals surface area contributed by atoms with Gasteiger partial charge in [0.2, 0.25) is 10.0 Å². The van der Waals surface area contributed by atoms with Gasteiger partial charge < -0.3 is 10.5 Å². The molecule has 112 valence electrons. The van der Waals surface area contributed by atoms with Crippen molar-refractivity contribution in [1.29, 1.82) is 0 Å². The Hall–Kier alpha value is -1.15. The highest BCUT2D eigenvalue weighted by Crippen LogP contribution is 2.26. The monoisotopic (exact) mass is 320 g/mol. The van der Waals surface area contributed by atoms with Crippen molar-refractivity contribution in [2.45, 2.75) is 17.9 Å². The minimum Gasteiger partial charge on any atom is -0.465 e. The van der Waals surface area contributed by atoms with Crippen molar-refractivity contribution in [3.8, 4) is 0 Å². The molecular formula is C12H17ClN2O4S. The molecule has 0 heterocycles. The standard InChI is InChI=1S/C12H17ClN2O4S/c1-8(7-14)15(2)20(17,18)11-5-4-9(6-10(11)13)12(16)19-3/h4-6,8H,7,14H2,1-3H3. The first-order valence-electron chi connectivity index (χ1n) is 5.81. The van der Waals surface area contributed by atoms with Gasteiger partial charge in [0, 0.05) is 19.6 Å². The van der Waals surface area contributed by atoms with Crippen molar-refractivity contribution >= 4 is 27.6 Å². The van der Waals surface area contributed by atoms with Gasteiger partial charge in [-0.05, 0) is 25.1 Å². The lowest BCUT2D eigenvalue weighted by molar-refractivity contribution is 0.0600. The fraction of sp³-hybridized carbons (Fsp3) is 0.417. The van der Waals surface area contributed by atoms with E-state index in [1.165, 1.54) is 32.4 Å². The molecule has 0 saturated carbocycles. The summed E-state index contributed by atoms with van der Waals surface area (Å²) in [6, 6.07) is 3.53. The van der Waals surface area contributed by atoms with Gasteiger partial charge in [-0.2, -0.15) is 4.31 Å². The molecule has 1 atom stereocenters. The molecule has 0 aliphatic heterocycles. The van der Waals surface area contributed by atoms with Gasteiger partial charge in [-0.3, -0.25) is 0 Å². The number of ether oxygens (including phenoxy) is 1. The zero-order chi connectivity index (χ0) is 15.5. The molecule has 0 aromatic heterocycles. The average Bonchev–Trinajstić information content (AvgIpc) is 2.44. The van der Waals surface area contributed by atoms with Gasteiger partial charge in [-0.25, -0.2) is 13.2 Å². The molecule has 0 bridgehead atoms. The van der Waals surface area contributed by atoms with Gasteiger partial charge >= 0.3 is 5.97 Å². The molecule has 2 N–H and O–H groups in total. The zero-order valence-corrected chi connectivity index (χ0v) is 13.0. The Labute approximate surface area is 123 Å². The molecule has 0 aliphatic rings. The number of nitrogens with two attached hydrogens (primary N) is 1. The normalized spacial score (nSPS) is 13.3. The lowest BCUT2D eigenvalue weighted by Gasteiger charge is -2.23. The molecule has 0 saturated heterocycles. The summed E-state index contributed by atoms with van der Waals surface area (Å²) in [4.78, 5) is 11.3. The summed E-state index contributed by atoms with van der Waals surface area (Å²) < 4.78 is 30.4. The summed E-state index contributed by atoms with van der Waals surface area (Å²) in [5.41, 5.74) is 5.65. The van der Waals surface area contributed by atoms with Crippen molar-refractivity contribution in [3.63, 3.8) is 0 Å². The van der Waals surface area contributed by atoms with Gasteiger partial charge in [-0.15, -0.1) is 0 Å². The largest absolute Gasteiger partial charge is 0.465 e. The SMILES string of the molecule is COC(=O)c1ccc(S(=O)(=O)N(C)C(C)CN)c(Cl)c1. The number of carbonyl (C=O) groups is 1. The molecule has 20 heavy (non-hydrogen) atoms. The third kappa shape index (κ3) is 3.29. The number of halogens is 1. The van der Waals surface area contributed by atoms with Gasteiger partial charge in [0.1, 0.15) is 4.90 Å². The number of esters is 1. The molecule has 1 aromatic rings. The van der Waals surface area contributed by atoms with Crippen LogP contribution in [0.4, 0.5) is 0 Å². The van der Waals surface area contributed by atoms with Crippen LogP contribution in [0.3, 0.4) is 0 Å². The van der Waals surface area contributed by atoms with Crippen LogP contribution < -0.4 is 5.73 Å². The molecule has 6 nitrogen and oxygen atoms in total. The van der Waals surface area contributed by atoms with Crippen LogP contribution in [-0.2, 0) is 14.8 Å². The Morgan fingerprint density at radius 2 is 2.10 bits per heavy atom. The number of nitrogens with zero attached hydrogens (tertiary/aromatic N) is 1. The second-order valence-electron chi connectivity index (χ2n) is 4.24. The second kappa shape index (κ2) is 6.53. The van der Waals surface area contributed by atoms with E-state index >= 15 is 0 Å². The van der Waals surface area contributed by atoms with Gasteiger partial charge in [0.15, 0.2) is 0 Å². The Bertz CT molecular complexity index is 603. The third-order valence-corrected chi connectivity index (χ3v) is 5.43. The quantitative estimate of drug-likeness (QED) is 0.820. The predicted molar refractivity (Wildman–Crippen MR) is 76.3 cm³/mol. The van der Waals surface area contributed by atoms with E-state index in [1.807, 2.05) is 0 Å². The van der Waals surface area contributed by atoms with Crippen molar-refractivity contribution in [3.05, 3.63) is 28.8 Å². The maximum Gasteiger partial charge on any atom is 0.337 e. The summed E-state index contributed by atoms with van der Waals surface area (Å²) in [5.74, 6) is -0.584. The Morgan fingerprint density at radius 3 is 2.55 bits per heavy atom. The molecule has 8 heteroatoms. The van der Waals surface area contributed by atoms with E-state index in [9.17, 15) is 13.2 Å². The van der Waals surface area contributed by atoms with E-state index in [1.54, 1.807) is 6.92 Å². The van der Waals surface area contributed by atoms with Gasteiger partial charge in [0.05, 0.1) is 17.7 Å². The highest BCUT2D eigenvalue weighted by molar-refractivity contribution is 7.89. The maximum atomic E-state index is 12.4. The van der Waals surface area contributed by atoms with E-state index in [-0.39, 0.29) is 28.1 Å². The van der Waals surface area contributed by atoms with Crippen LogP contribution in [0.2, 0.25) is 5.02 Å². The van der Waals surface area contributed by atoms with E-state index in [2.05, 4.69) is 4.74 Å². The summed E-state index contributed by atoms with van der Waals surface area (Å²) in [7, 11) is -1.10. The minimum atomic E-state index is -3.76. The average molecular weight is 321 g/mol. The van der Waals surface area contributed by atoms with Crippen molar-refractivity contribution in [1.82, 2.24) is 4.31 Å². The lowest BCUT2D eigenvalue weighted by atomic mass is 10.2. The maximum absolute atomic E-state index is 12.4. The molecule has 0 amide bonds. The molecule has 1 unspecified atom stereocenters. The first-order chi connectivity index (χ1) is 9.25. The number of carbonyl (C=O) groups excluding carboxylic acids is 1. The van der Waals surface area contributed by atoms with Crippen LogP contribution in [0, 0.1) is 0 Å². The molecule has 0 radical (unpaired) electrons. The number of benzene rings is 1. The summed E-state index contributed by atoms with van der Waals surface area (Å²) in [5, 5.41) is -0.0380. The van der Waals surface area contributed by atoms with Crippen molar-refractivity contribution in [2.24, 2.45) is 5.73 Å². The zero-order valence-electron chi connectivity index (χ0n) is 11.5. The summed E-state index contributed by atoms with van der Waals surface area (Å²) in [6.07, 6.45) is 0.